The molecule has 2 aromatic heterocycles. The molecule has 0 bridgehead atoms. The maximum atomic E-state index is 13.2. The van der Waals surface area contributed by atoms with Gasteiger partial charge in [-0.2, -0.15) is 5.10 Å². The fraction of sp³-hybridized carbons (Fsp3) is 0.526. The summed E-state index contributed by atoms with van der Waals surface area (Å²) >= 11 is 0. The van der Waals surface area contributed by atoms with E-state index in [4.69, 9.17) is 0 Å². The van der Waals surface area contributed by atoms with Crippen molar-refractivity contribution in [3.8, 4) is 5.82 Å². The second-order valence-electron chi connectivity index (χ2n) is 7.55. The fourth-order valence-corrected chi connectivity index (χ4v) is 3.92. The summed E-state index contributed by atoms with van der Waals surface area (Å²) in [4.78, 5) is 26.7. The van der Waals surface area contributed by atoms with Gasteiger partial charge in [-0.1, -0.05) is 13.8 Å². The van der Waals surface area contributed by atoms with Crippen LogP contribution in [-0.2, 0) is 11.8 Å². The van der Waals surface area contributed by atoms with Crippen molar-refractivity contribution in [3.63, 3.8) is 0 Å². The summed E-state index contributed by atoms with van der Waals surface area (Å²) in [7, 11) is 1.81. The van der Waals surface area contributed by atoms with Crippen LogP contribution in [-0.4, -0.2) is 49.3 Å². The standard InChI is InChI=1S/C19H26N4O3/c1-12(2)19(18(25)26)8-9-22(11-19)17(24)15-10-20-21(5)16(15)23-13(3)6-7-14(23)4/h6-7,10,12H,8-9,11H2,1-5H3,(H,25,26). The summed E-state index contributed by atoms with van der Waals surface area (Å²) in [6.45, 7) is 8.46. The molecule has 1 saturated heterocycles. The van der Waals surface area contributed by atoms with Gasteiger partial charge in [-0.05, 0) is 38.3 Å². The molecular formula is C19H26N4O3. The Morgan fingerprint density at radius 1 is 1.23 bits per heavy atom. The van der Waals surface area contributed by atoms with Crippen molar-refractivity contribution in [2.45, 2.75) is 34.1 Å². The molecule has 3 heterocycles. The lowest BCUT2D eigenvalue weighted by Crippen LogP contribution is -2.40. The van der Waals surface area contributed by atoms with Crippen molar-refractivity contribution < 1.29 is 14.7 Å². The Morgan fingerprint density at radius 2 is 1.85 bits per heavy atom. The largest absolute Gasteiger partial charge is 0.481 e. The first-order valence-corrected chi connectivity index (χ1v) is 8.89. The van der Waals surface area contributed by atoms with Crippen LogP contribution in [0.3, 0.4) is 0 Å². The Balaban J connectivity index is 1.97. The highest BCUT2D eigenvalue weighted by Gasteiger charge is 2.48. The number of aromatic nitrogens is 3. The number of carbonyl (C=O) groups is 2. The highest BCUT2D eigenvalue weighted by atomic mass is 16.4. The molecule has 1 amide bonds. The van der Waals surface area contributed by atoms with Gasteiger partial charge in [0.15, 0.2) is 0 Å². The van der Waals surface area contributed by atoms with Crippen molar-refractivity contribution >= 4 is 11.9 Å². The summed E-state index contributed by atoms with van der Waals surface area (Å²) in [6, 6.07) is 4.00. The smallest absolute Gasteiger partial charge is 0.311 e. The Kier molecular flexibility index (Phi) is 4.42. The van der Waals surface area contributed by atoms with Crippen LogP contribution in [0, 0.1) is 25.2 Å². The SMILES string of the molecule is Cc1ccc(C)n1-c1c(C(=O)N2CCC(C(=O)O)(C(C)C)C2)cnn1C. The zero-order valence-corrected chi connectivity index (χ0v) is 16.0. The monoisotopic (exact) mass is 358 g/mol. The summed E-state index contributed by atoms with van der Waals surface area (Å²) in [5, 5.41) is 14.0. The van der Waals surface area contributed by atoms with Crippen molar-refractivity contribution in [1.82, 2.24) is 19.2 Å². The highest BCUT2D eigenvalue weighted by molar-refractivity contribution is 5.98. The maximum absolute atomic E-state index is 13.2. The predicted molar refractivity (Wildman–Crippen MR) is 97.4 cm³/mol. The second-order valence-corrected chi connectivity index (χ2v) is 7.55. The van der Waals surface area contributed by atoms with Gasteiger partial charge in [0, 0.05) is 31.5 Å². The molecule has 0 aromatic carbocycles. The molecule has 7 nitrogen and oxygen atoms in total. The number of hydrogen-bond donors (Lipinski definition) is 1. The number of carboxylic acids is 1. The van der Waals surface area contributed by atoms with E-state index in [9.17, 15) is 14.7 Å². The normalized spacial score (nSPS) is 20.2. The van der Waals surface area contributed by atoms with E-state index in [0.717, 1.165) is 11.4 Å². The molecule has 0 aliphatic carbocycles. The van der Waals surface area contributed by atoms with Crippen molar-refractivity contribution in [1.29, 1.82) is 0 Å². The molecule has 1 fully saturated rings. The molecule has 1 atom stereocenters. The molecule has 0 radical (unpaired) electrons. The Labute approximate surface area is 153 Å². The van der Waals surface area contributed by atoms with E-state index in [1.54, 1.807) is 15.8 Å². The van der Waals surface area contributed by atoms with Crippen molar-refractivity contribution in [2.24, 2.45) is 18.4 Å². The first-order chi connectivity index (χ1) is 12.2. The Hall–Kier alpha value is -2.57. The van der Waals surface area contributed by atoms with Crippen LogP contribution in [0.2, 0.25) is 0 Å². The van der Waals surface area contributed by atoms with Gasteiger partial charge >= 0.3 is 5.97 Å². The number of aryl methyl sites for hydroxylation is 3. The third kappa shape index (κ3) is 2.62. The van der Waals surface area contributed by atoms with E-state index < -0.39 is 11.4 Å². The van der Waals surface area contributed by atoms with Crippen LogP contribution in [0.15, 0.2) is 18.3 Å². The molecule has 26 heavy (non-hydrogen) atoms. The molecule has 1 aliphatic heterocycles. The zero-order valence-electron chi connectivity index (χ0n) is 16.0. The molecule has 0 saturated carbocycles. The lowest BCUT2D eigenvalue weighted by atomic mass is 9.76. The molecule has 0 spiro atoms. The van der Waals surface area contributed by atoms with Crippen molar-refractivity contribution in [2.75, 3.05) is 13.1 Å². The van der Waals surface area contributed by atoms with Gasteiger partial charge in [0.25, 0.3) is 5.91 Å². The van der Waals surface area contributed by atoms with Gasteiger partial charge in [0.1, 0.15) is 11.4 Å². The molecule has 1 aliphatic rings. The Bertz CT molecular complexity index is 845. The number of nitrogens with zero attached hydrogens (tertiary/aromatic N) is 4. The number of hydrogen-bond acceptors (Lipinski definition) is 3. The number of aliphatic carboxylic acids is 1. The van der Waals surface area contributed by atoms with E-state index >= 15 is 0 Å². The van der Waals surface area contributed by atoms with Gasteiger partial charge in [-0.3, -0.25) is 14.3 Å². The Morgan fingerprint density at radius 3 is 2.35 bits per heavy atom. The average molecular weight is 358 g/mol. The van der Waals surface area contributed by atoms with Gasteiger partial charge in [0.05, 0.1) is 11.6 Å². The van der Waals surface area contributed by atoms with Crippen molar-refractivity contribution in [3.05, 3.63) is 35.3 Å². The van der Waals surface area contributed by atoms with E-state index in [1.165, 1.54) is 0 Å². The van der Waals surface area contributed by atoms with E-state index in [0.29, 0.717) is 24.3 Å². The molecule has 1 unspecified atom stereocenters. The van der Waals surface area contributed by atoms with Gasteiger partial charge < -0.3 is 14.6 Å². The van der Waals surface area contributed by atoms with Crippen LogP contribution in [0.4, 0.5) is 0 Å². The number of carbonyl (C=O) groups excluding carboxylic acids is 1. The summed E-state index contributed by atoms with van der Waals surface area (Å²) < 4.78 is 3.69. The topological polar surface area (TPSA) is 80.4 Å². The molecular weight excluding hydrogens is 332 g/mol. The van der Waals surface area contributed by atoms with E-state index in [-0.39, 0.29) is 18.4 Å². The third-order valence-electron chi connectivity index (χ3n) is 5.74. The first-order valence-electron chi connectivity index (χ1n) is 8.89. The van der Waals surface area contributed by atoms with Gasteiger partial charge in [-0.25, -0.2) is 0 Å². The molecule has 3 rings (SSSR count). The number of likely N-dealkylation sites (tertiary alicyclic amines) is 1. The zero-order chi connectivity index (χ0) is 19.2. The summed E-state index contributed by atoms with van der Waals surface area (Å²) in [5.74, 6) is -0.317. The average Bonchev–Trinajstić information content (AvgIpc) is 3.26. The van der Waals surface area contributed by atoms with Crippen LogP contribution in [0.5, 0.6) is 0 Å². The van der Waals surface area contributed by atoms with Gasteiger partial charge in [-0.15, -0.1) is 0 Å². The molecule has 7 heteroatoms. The van der Waals surface area contributed by atoms with E-state index in [2.05, 4.69) is 5.10 Å². The summed E-state index contributed by atoms with van der Waals surface area (Å²) in [6.07, 6.45) is 2.05. The van der Waals surface area contributed by atoms with E-state index in [1.807, 2.05) is 51.4 Å². The number of amides is 1. The molecule has 2 aromatic rings. The minimum atomic E-state index is -0.878. The molecule has 1 N–H and O–H groups in total. The van der Waals surface area contributed by atoms with Crippen LogP contribution in [0.25, 0.3) is 5.82 Å². The molecule has 140 valence electrons. The number of carboxylic acid groups (broad SMARTS) is 1. The second kappa shape index (κ2) is 6.30. The maximum Gasteiger partial charge on any atom is 0.311 e. The fourth-order valence-electron chi connectivity index (χ4n) is 3.92. The van der Waals surface area contributed by atoms with Crippen LogP contribution in [0.1, 0.15) is 42.0 Å². The quantitative estimate of drug-likeness (QED) is 0.910. The minimum Gasteiger partial charge on any atom is -0.481 e. The third-order valence-corrected chi connectivity index (χ3v) is 5.74. The summed E-state index contributed by atoms with van der Waals surface area (Å²) in [5.41, 5.74) is 1.66. The van der Waals surface area contributed by atoms with Crippen LogP contribution >= 0.6 is 0 Å². The predicted octanol–water partition coefficient (Wildman–Crippen LogP) is 2.40. The lowest BCUT2D eigenvalue weighted by Gasteiger charge is -2.28. The lowest BCUT2D eigenvalue weighted by molar-refractivity contribution is -0.150. The minimum absolute atomic E-state index is 0.0416. The highest BCUT2D eigenvalue weighted by Crippen LogP contribution is 2.39. The van der Waals surface area contributed by atoms with Gasteiger partial charge in [0.2, 0.25) is 0 Å². The van der Waals surface area contributed by atoms with Crippen LogP contribution < -0.4 is 0 Å². The number of rotatable bonds is 4. The first kappa shape index (κ1) is 18.2.